The molecule has 0 N–H and O–H groups in total. The molecular formula is C23H21ClN4O5. The molecule has 0 unspecified atom stereocenters. The van der Waals surface area contributed by atoms with Crippen molar-refractivity contribution in [3.05, 3.63) is 75.4 Å². The van der Waals surface area contributed by atoms with Crippen LogP contribution < -0.4 is 0 Å². The van der Waals surface area contributed by atoms with Gasteiger partial charge in [0.05, 0.1) is 34.5 Å². The van der Waals surface area contributed by atoms with Gasteiger partial charge in [-0.3, -0.25) is 14.9 Å². The molecule has 0 atom stereocenters. The van der Waals surface area contributed by atoms with Crippen molar-refractivity contribution in [3.8, 4) is 16.9 Å². The van der Waals surface area contributed by atoms with Gasteiger partial charge < -0.3 is 14.4 Å². The minimum atomic E-state index is -0.580. The van der Waals surface area contributed by atoms with Crippen molar-refractivity contribution in [2.75, 3.05) is 26.3 Å². The number of rotatable bonds is 4. The van der Waals surface area contributed by atoms with Crippen LogP contribution in [0.25, 0.3) is 16.9 Å². The predicted octanol–water partition coefficient (Wildman–Crippen LogP) is 4.08. The smallest absolute Gasteiger partial charge is 0.272 e. The molecule has 1 amide bonds. The van der Waals surface area contributed by atoms with Gasteiger partial charge in [0.1, 0.15) is 5.69 Å². The van der Waals surface area contributed by atoms with Gasteiger partial charge in [0, 0.05) is 43.6 Å². The van der Waals surface area contributed by atoms with Gasteiger partial charge in [-0.15, -0.1) is 0 Å². The Labute approximate surface area is 194 Å². The molecule has 3 aromatic rings. The summed E-state index contributed by atoms with van der Waals surface area (Å²) in [6, 6.07) is 14.9. The van der Waals surface area contributed by atoms with E-state index in [4.69, 9.17) is 21.1 Å². The molecule has 3 heterocycles. The number of hydrogen-bond acceptors (Lipinski definition) is 6. The number of aromatic nitrogens is 2. The number of benzene rings is 2. The van der Waals surface area contributed by atoms with Gasteiger partial charge in [-0.2, -0.15) is 5.10 Å². The molecule has 170 valence electrons. The maximum absolute atomic E-state index is 13.5. The van der Waals surface area contributed by atoms with Gasteiger partial charge in [-0.1, -0.05) is 23.7 Å². The maximum Gasteiger partial charge on any atom is 0.272 e. The number of hydrogen-bond donors (Lipinski definition) is 0. The van der Waals surface area contributed by atoms with Crippen LogP contribution in [0.2, 0.25) is 5.02 Å². The topological polar surface area (TPSA) is 99.7 Å². The van der Waals surface area contributed by atoms with Crippen molar-refractivity contribution in [3.63, 3.8) is 0 Å². The van der Waals surface area contributed by atoms with Gasteiger partial charge in [-0.05, 0) is 30.3 Å². The van der Waals surface area contributed by atoms with Crippen molar-refractivity contribution in [1.29, 1.82) is 0 Å². The lowest BCUT2D eigenvalue weighted by Gasteiger charge is -2.37. The second kappa shape index (κ2) is 8.58. The zero-order valence-electron chi connectivity index (χ0n) is 17.6. The van der Waals surface area contributed by atoms with Crippen molar-refractivity contribution >= 4 is 23.2 Å². The average molecular weight is 469 g/mol. The third-order valence-corrected chi connectivity index (χ3v) is 6.33. The Hall–Kier alpha value is -3.27. The van der Waals surface area contributed by atoms with Crippen molar-refractivity contribution in [1.82, 2.24) is 14.7 Å². The number of para-hydroxylation sites is 1. The van der Waals surface area contributed by atoms with Crippen LogP contribution in [0.5, 0.6) is 0 Å². The predicted molar refractivity (Wildman–Crippen MR) is 120 cm³/mol. The second-order valence-corrected chi connectivity index (χ2v) is 8.39. The zero-order chi connectivity index (χ0) is 23.0. The summed E-state index contributed by atoms with van der Waals surface area (Å²) in [6.45, 7) is 2.15. The summed E-state index contributed by atoms with van der Waals surface area (Å²) >= 11 is 6.42. The number of carbonyl (C=O) groups is 1. The summed E-state index contributed by atoms with van der Waals surface area (Å²) in [5.41, 5.74) is 2.10. The fraction of sp³-hybridized carbons (Fsp3) is 0.304. The normalized spacial score (nSPS) is 17.4. The van der Waals surface area contributed by atoms with Crippen molar-refractivity contribution < 1.29 is 19.2 Å². The molecule has 2 aliphatic heterocycles. The van der Waals surface area contributed by atoms with Crippen molar-refractivity contribution in [2.24, 2.45) is 0 Å². The highest BCUT2D eigenvalue weighted by atomic mass is 35.5. The van der Waals surface area contributed by atoms with E-state index in [1.165, 1.54) is 16.8 Å². The summed E-state index contributed by atoms with van der Waals surface area (Å²) in [5.74, 6) is -0.757. The number of ether oxygens (including phenoxy) is 2. The first kappa shape index (κ1) is 21.6. The number of amides is 1. The minimum absolute atomic E-state index is 0.0146. The number of nitrogens with zero attached hydrogens (tertiary/aromatic N) is 4. The highest BCUT2D eigenvalue weighted by molar-refractivity contribution is 6.32. The fourth-order valence-corrected chi connectivity index (χ4v) is 4.45. The number of halogens is 1. The summed E-state index contributed by atoms with van der Waals surface area (Å²) in [4.78, 5) is 25.8. The summed E-state index contributed by atoms with van der Waals surface area (Å²) in [6.07, 6.45) is 1.21. The van der Waals surface area contributed by atoms with Gasteiger partial charge in [0.2, 0.25) is 0 Å². The first-order chi connectivity index (χ1) is 16.0. The van der Waals surface area contributed by atoms with E-state index in [1.807, 2.05) is 6.07 Å². The van der Waals surface area contributed by atoms with Gasteiger partial charge >= 0.3 is 0 Å². The third-order valence-electron chi connectivity index (χ3n) is 6.01. The van der Waals surface area contributed by atoms with E-state index in [-0.39, 0.29) is 11.6 Å². The quantitative estimate of drug-likeness (QED) is 0.422. The van der Waals surface area contributed by atoms with Crippen LogP contribution in [0.4, 0.5) is 5.69 Å². The number of carbonyl (C=O) groups excluding carboxylic acids is 1. The molecule has 2 fully saturated rings. The second-order valence-electron chi connectivity index (χ2n) is 7.98. The van der Waals surface area contributed by atoms with Crippen molar-refractivity contribution in [2.45, 2.75) is 18.6 Å². The molecule has 0 saturated carbocycles. The standard InChI is InChI=1S/C23H21ClN4O5/c24-18-3-1-2-4-20(18)27-21(15-19(25-27)16-5-7-17(8-6-16)28(30)31)22(29)26-11-9-23(10-12-26)32-13-14-33-23/h1-8,15H,9-14H2. The van der Waals surface area contributed by atoms with E-state index in [0.29, 0.717) is 66.8 Å². The number of nitro groups is 1. The Bertz CT molecular complexity index is 1190. The molecule has 10 heteroatoms. The van der Waals surface area contributed by atoms with Crippen LogP contribution in [0.1, 0.15) is 23.3 Å². The number of nitro benzene ring substituents is 1. The van der Waals surface area contributed by atoms with Gasteiger partial charge in [0.15, 0.2) is 5.79 Å². The Morgan fingerprint density at radius 2 is 1.73 bits per heavy atom. The number of piperidine rings is 1. The van der Waals surface area contributed by atoms with E-state index in [9.17, 15) is 14.9 Å². The summed E-state index contributed by atoms with van der Waals surface area (Å²) in [7, 11) is 0. The highest BCUT2D eigenvalue weighted by Crippen LogP contribution is 2.33. The average Bonchev–Trinajstić information content (AvgIpc) is 3.47. The SMILES string of the molecule is O=C(c1cc(-c2ccc([N+](=O)[O-])cc2)nn1-c1ccccc1Cl)N1CCC2(CC1)OCCO2. The Kier molecular flexibility index (Phi) is 5.61. The van der Waals surface area contributed by atoms with E-state index in [1.54, 1.807) is 41.3 Å². The molecular weight excluding hydrogens is 448 g/mol. The Balaban J connectivity index is 1.49. The summed E-state index contributed by atoms with van der Waals surface area (Å²) in [5, 5.41) is 16.1. The lowest BCUT2D eigenvalue weighted by Crippen LogP contribution is -2.47. The van der Waals surface area contributed by atoms with Crippen LogP contribution in [0.3, 0.4) is 0 Å². The monoisotopic (exact) mass is 468 g/mol. The molecule has 1 spiro atoms. The van der Waals surface area contributed by atoms with E-state index >= 15 is 0 Å². The molecule has 33 heavy (non-hydrogen) atoms. The molecule has 9 nitrogen and oxygen atoms in total. The molecule has 0 radical (unpaired) electrons. The molecule has 2 aliphatic rings. The van der Waals surface area contributed by atoms with Crippen LogP contribution in [0.15, 0.2) is 54.6 Å². The Morgan fingerprint density at radius 1 is 1.06 bits per heavy atom. The van der Waals surface area contributed by atoms with Crippen LogP contribution >= 0.6 is 11.6 Å². The molecule has 0 aliphatic carbocycles. The molecule has 1 aromatic heterocycles. The van der Waals surface area contributed by atoms with Crippen LogP contribution in [-0.4, -0.2) is 57.6 Å². The molecule has 2 aromatic carbocycles. The van der Waals surface area contributed by atoms with E-state index < -0.39 is 10.7 Å². The zero-order valence-corrected chi connectivity index (χ0v) is 18.4. The highest BCUT2D eigenvalue weighted by Gasteiger charge is 2.41. The minimum Gasteiger partial charge on any atom is -0.347 e. The molecule has 5 rings (SSSR count). The Morgan fingerprint density at radius 3 is 2.36 bits per heavy atom. The van der Waals surface area contributed by atoms with Crippen LogP contribution in [0, 0.1) is 10.1 Å². The lowest BCUT2D eigenvalue weighted by atomic mass is 10.0. The van der Waals surface area contributed by atoms with E-state index in [2.05, 4.69) is 5.10 Å². The van der Waals surface area contributed by atoms with Crippen LogP contribution in [-0.2, 0) is 9.47 Å². The first-order valence-corrected chi connectivity index (χ1v) is 11.0. The molecule has 0 bridgehead atoms. The number of non-ortho nitro benzene ring substituents is 1. The van der Waals surface area contributed by atoms with Gasteiger partial charge in [0.25, 0.3) is 11.6 Å². The fourth-order valence-electron chi connectivity index (χ4n) is 4.23. The lowest BCUT2D eigenvalue weighted by molar-refractivity contribution is -0.384. The largest absolute Gasteiger partial charge is 0.347 e. The van der Waals surface area contributed by atoms with E-state index in [0.717, 1.165) is 0 Å². The maximum atomic E-state index is 13.5. The number of likely N-dealkylation sites (tertiary alicyclic amines) is 1. The molecule has 2 saturated heterocycles. The first-order valence-electron chi connectivity index (χ1n) is 10.6. The summed E-state index contributed by atoms with van der Waals surface area (Å²) < 4.78 is 13.1. The van der Waals surface area contributed by atoms with Gasteiger partial charge in [-0.25, -0.2) is 4.68 Å². The third kappa shape index (κ3) is 4.10.